The zero-order valence-electron chi connectivity index (χ0n) is 18.1. The van der Waals surface area contributed by atoms with E-state index in [0.29, 0.717) is 29.0 Å². The molecule has 3 aromatic rings. The van der Waals surface area contributed by atoms with Gasteiger partial charge in [0.25, 0.3) is 5.56 Å². The molecule has 1 aliphatic heterocycles. The number of benzene rings is 2. The Morgan fingerprint density at radius 3 is 2.42 bits per heavy atom. The molecule has 0 spiro atoms. The number of rotatable bonds is 7. The van der Waals surface area contributed by atoms with Crippen molar-refractivity contribution in [3.8, 4) is 0 Å². The van der Waals surface area contributed by atoms with Crippen molar-refractivity contribution in [2.24, 2.45) is 5.14 Å². The Kier molecular flexibility index (Phi) is 7.16. The van der Waals surface area contributed by atoms with Crippen LogP contribution in [0.3, 0.4) is 0 Å². The quantitative estimate of drug-likeness (QED) is 0.405. The first-order valence-electron chi connectivity index (χ1n) is 10.8. The zero-order chi connectivity index (χ0) is 23.4. The number of hydrogen-bond donors (Lipinski definition) is 1. The Hall–Kier alpha value is -2.69. The van der Waals surface area contributed by atoms with E-state index in [-0.39, 0.29) is 22.1 Å². The van der Waals surface area contributed by atoms with Gasteiger partial charge in [-0.2, -0.15) is 0 Å². The van der Waals surface area contributed by atoms with Gasteiger partial charge in [0.2, 0.25) is 15.9 Å². The first-order chi connectivity index (χ1) is 15.8. The highest BCUT2D eigenvalue weighted by atomic mass is 32.2. The molecule has 1 amide bonds. The number of primary sulfonamides is 1. The summed E-state index contributed by atoms with van der Waals surface area (Å²) in [4.78, 5) is 32.5. The van der Waals surface area contributed by atoms with Gasteiger partial charge in [0.1, 0.15) is 0 Å². The van der Waals surface area contributed by atoms with Crippen LogP contribution in [-0.2, 0) is 27.8 Å². The third-order valence-electron chi connectivity index (χ3n) is 5.74. The minimum absolute atomic E-state index is 0.0447. The van der Waals surface area contributed by atoms with Gasteiger partial charge in [-0.25, -0.2) is 18.5 Å². The molecule has 0 unspecified atom stereocenters. The number of para-hydroxylation sites is 1. The maximum Gasteiger partial charge on any atom is 0.262 e. The number of likely N-dealkylation sites (tertiary alicyclic amines) is 1. The number of carbonyl (C=O) groups is 1. The Labute approximate surface area is 196 Å². The van der Waals surface area contributed by atoms with Gasteiger partial charge in [0, 0.05) is 19.6 Å². The fourth-order valence-corrected chi connectivity index (χ4v) is 5.35. The van der Waals surface area contributed by atoms with Crippen LogP contribution in [0.15, 0.2) is 63.4 Å². The summed E-state index contributed by atoms with van der Waals surface area (Å²) < 4.78 is 24.5. The third kappa shape index (κ3) is 5.63. The van der Waals surface area contributed by atoms with Crippen LogP contribution in [0, 0.1) is 0 Å². The predicted molar refractivity (Wildman–Crippen MR) is 129 cm³/mol. The Morgan fingerprint density at radius 1 is 1.03 bits per heavy atom. The highest BCUT2D eigenvalue weighted by Crippen LogP contribution is 2.20. The molecule has 1 saturated heterocycles. The molecule has 0 radical (unpaired) electrons. The lowest BCUT2D eigenvalue weighted by Gasteiger charge is -2.26. The molecule has 0 bridgehead atoms. The average Bonchev–Trinajstić information content (AvgIpc) is 2.82. The number of nitrogens with two attached hydrogens (primary N) is 1. The number of amides is 1. The number of carbonyl (C=O) groups excluding carboxylic acids is 1. The van der Waals surface area contributed by atoms with Crippen molar-refractivity contribution < 1.29 is 13.2 Å². The number of piperidine rings is 1. The van der Waals surface area contributed by atoms with Gasteiger partial charge >= 0.3 is 0 Å². The number of hydrogen-bond acceptors (Lipinski definition) is 6. The van der Waals surface area contributed by atoms with Crippen LogP contribution in [0.4, 0.5) is 0 Å². The summed E-state index contributed by atoms with van der Waals surface area (Å²) in [6, 6.07) is 13.5. The molecule has 8 nitrogen and oxygen atoms in total. The average molecular weight is 487 g/mol. The number of thioether (sulfide) groups is 1. The highest BCUT2D eigenvalue weighted by molar-refractivity contribution is 7.99. The SMILES string of the molecule is NS(=O)(=O)c1ccc(CCn2c(SCC(=O)N3CCCCC3)nc3ccccc3c2=O)cc1. The fraction of sp³-hybridized carbons (Fsp3) is 0.348. The summed E-state index contributed by atoms with van der Waals surface area (Å²) in [7, 11) is -3.75. The normalized spacial score (nSPS) is 14.5. The number of aromatic nitrogens is 2. The molecule has 10 heteroatoms. The molecule has 0 atom stereocenters. The van der Waals surface area contributed by atoms with Crippen LogP contribution in [0.25, 0.3) is 10.9 Å². The molecule has 0 aliphatic carbocycles. The zero-order valence-corrected chi connectivity index (χ0v) is 19.8. The molecular weight excluding hydrogens is 460 g/mol. The molecule has 4 rings (SSSR count). The second kappa shape index (κ2) is 10.1. The van der Waals surface area contributed by atoms with Crippen LogP contribution in [0.1, 0.15) is 24.8 Å². The van der Waals surface area contributed by atoms with Crippen LogP contribution < -0.4 is 10.7 Å². The van der Waals surface area contributed by atoms with Gasteiger partial charge in [-0.15, -0.1) is 0 Å². The summed E-state index contributed by atoms with van der Waals surface area (Å²) in [6.07, 6.45) is 3.71. The molecule has 174 valence electrons. The van der Waals surface area contributed by atoms with E-state index in [9.17, 15) is 18.0 Å². The van der Waals surface area contributed by atoms with Gasteiger partial charge in [-0.3, -0.25) is 14.2 Å². The monoisotopic (exact) mass is 486 g/mol. The van der Waals surface area contributed by atoms with E-state index in [1.54, 1.807) is 34.9 Å². The van der Waals surface area contributed by atoms with Crippen molar-refractivity contribution in [1.29, 1.82) is 0 Å². The molecule has 2 N–H and O–H groups in total. The maximum atomic E-state index is 13.2. The topological polar surface area (TPSA) is 115 Å². The second-order valence-electron chi connectivity index (χ2n) is 8.04. The highest BCUT2D eigenvalue weighted by Gasteiger charge is 2.19. The summed E-state index contributed by atoms with van der Waals surface area (Å²) in [5.74, 6) is 0.292. The fourth-order valence-electron chi connectivity index (χ4n) is 3.90. The van der Waals surface area contributed by atoms with Crippen LogP contribution in [-0.4, -0.2) is 47.6 Å². The maximum absolute atomic E-state index is 13.2. The van der Waals surface area contributed by atoms with E-state index >= 15 is 0 Å². The summed E-state index contributed by atoms with van der Waals surface area (Å²) in [5.41, 5.74) is 1.31. The molecule has 2 heterocycles. The van der Waals surface area contributed by atoms with Gasteiger partial charge < -0.3 is 4.90 Å². The lowest BCUT2D eigenvalue weighted by atomic mass is 10.1. The Bertz CT molecular complexity index is 1310. The molecule has 1 aliphatic rings. The second-order valence-corrected chi connectivity index (χ2v) is 10.5. The first kappa shape index (κ1) is 23.5. The van der Waals surface area contributed by atoms with Crippen molar-refractivity contribution in [1.82, 2.24) is 14.5 Å². The van der Waals surface area contributed by atoms with Crippen LogP contribution in [0.5, 0.6) is 0 Å². The van der Waals surface area contributed by atoms with Crippen molar-refractivity contribution in [2.75, 3.05) is 18.8 Å². The summed E-state index contributed by atoms with van der Waals surface area (Å²) in [6.45, 7) is 1.92. The number of sulfonamides is 1. The van der Waals surface area contributed by atoms with E-state index in [0.717, 1.165) is 37.9 Å². The number of fused-ring (bicyclic) bond motifs is 1. The van der Waals surface area contributed by atoms with E-state index in [1.807, 2.05) is 11.0 Å². The van der Waals surface area contributed by atoms with Crippen molar-refractivity contribution in [2.45, 2.75) is 42.3 Å². The molecule has 0 saturated carbocycles. The lowest BCUT2D eigenvalue weighted by molar-refractivity contribution is -0.129. The summed E-state index contributed by atoms with van der Waals surface area (Å²) >= 11 is 1.28. The van der Waals surface area contributed by atoms with Crippen molar-refractivity contribution in [3.05, 3.63) is 64.4 Å². The van der Waals surface area contributed by atoms with Crippen LogP contribution in [0.2, 0.25) is 0 Å². The number of aryl methyl sites for hydroxylation is 1. The summed E-state index contributed by atoms with van der Waals surface area (Å²) in [5, 5.41) is 6.19. The third-order valence-corrected chi connectivity index (χ3v) is 7.63. The van der Waals surface area contributed by atoms with Crippen molar-refractivity contribution in [3.63, 3.8) is 0 Å². The van der Waals surface area contributed by atoms with Gasteiger partial charge in [-0.1, -0.05) is 36.0 Å². The number of nitrogens with zero attached hydrogens (tertiary/aromatic N) is 3. The Balaban J connectivity index is 1.56. The van der Waals surface area contributed by atoms with E-state index in [1.165, 1.54) is 23.9 Å². The standard InChI is InChI=1S/C23H26N4O4S2/c24-33(30,31)18-10-8-17(9-11-18)12-15-27-22(29)19-6-2-3-7-20(19)25-23(27)32-16-21(28)26-13-4-1-5-14-26/h2-3,6-11H,1,4-5,12-16H2,(H2,24,30,31). The lowest BCUT2D eigenvalue weighted by Crippen LogP contribution is -2.37. The van der Waals surface area contributed by atoms with Gasteiger partial charge in [-0.05, 0) is 55.5 Å². The Morgan fingerprint density at radius 2 is 1.73 bits per heavy atom. The molecule has 1 aromatic heterocycles. The van der Waals surface area contributed by atoms with E-state index < -0.39 is 10.0 Å². The van der Waals surface area contributed by atoms with E-state index in [4.69, 9.17) is 5.14 Å². The van der Waals surface area contributed by atoms with Gasteiger partial charge in [0.15, 0.2) is 5.16 Å². The van der Waals surface area contributed by atoms with E-state index in [2.05, 4.69) is 4.98 Å². The first-order valence-corrected chi connectivity index (χ1v) is 13.4. The molecule has 2 aromatic carbocycles. The molecular formula is C23H26N4O4S2. The largest absolute Gasteiger partial charge is 0.342 e. The smallest absolute Gasteiger partial charge is 0.262 e. The predicted octanol–water partition coefficient (Wildman–Crippen LogP) is 2.39. The van der Waals surface area contributed by atoms with Gasteiger partial charge in [0.05, 0.1) is 21.6 Å². The molecule has 1 fully saturated rings. The minimum Gasteiger partial charge on any atom is -0.342 e. The van der Waals surface area contributed by atoms with Crippen LogP contribution >= 0.6 is 11.8 Å². The van der Waals surface area contributed by atoms with Crippen molar-refractivity contribution >= 4 is 38.6 Å². The molecule has 33 heavy (non-hydrogen) atoms. The minimum atomic E-state index is -3.75.